The maximum Gasteiger partial charge on any atom is 0.132 e. The van der Waals surface area contributed by atoms with Gasteiger partial charge in [-0.2, -0.15) is 0 Å². The third kappa shape index (κ3) is 2.84. The molecule has 2 aromatic rings. The van der Waals surface area contributed by atoms with Crippen LogP contribution in [0.5, 0.6) is 0 Å². The number of hydrogen-bond donors (Lipinski definition) is 0. The molecule has 2 saturated heterocycles. The summed E-state index contributed by atoms with van der Waals surface area (Å²) >= 11 is 0. The minimum atomic E-state index is -0.273. The van der Waals surface area contributed by atoms with E-state index in [4.69, 9.17) is 9.47 Å². The van der Waals surface area contributed by atoms with Crippen molar-refractivity contribution in [3.05, 3.63) is 35.8 Å². The number of halogens is 1. The molecule has 2 fully saturated rings. The first-order valence-electron chi connectivity index (χ1n) is 9.40. The SMILES string of the molecule is Fc1ccccc1-c1nnn2c1CO[C@H]1CN(CC3CCOCC3)C[C@@H]12. The molecule has 4 heterocycles. The highest BCUT2D eigenvalue weighted by atomic mass is 19.1. The number of aromatic nitrogens is 3. The Hall–Kier alpha value is -1.83. The summed E-state index contributed by atoms with van der Waals surface area (Å²) in [6, 6.07) is 6.87. The van der Waals surface area contributed by atoms with Crippen LogP contribution in [-0.4, -0.2) is 58.8 Å². The molecule has 3 aliphatic rings. The van der Waals surface area contributed by atoms with E-state index in [1.807, 2.05) is 10.7 Å². The Bertz CT molecular complexity index is 790. The van der Waals surface area contributed by atoms with E-state index in [1.54, 1.807) is 12.1 Å². The molecule has 0 unspecified atom stereocenters. The van der Waals surface area contributed by atoms with Crippen LogP contribution in [0.1, 0.15) is 24.6 Å². The van der Waals surface area contributed by atoms with Crippen LogP contribution in [0.3, 0.4) is 0 Å². The number of likely N-dealkylation sites (tertiary alicyclic amines) is 1. The second kappa shape index (κ2) is 6.72. The van der Waals surface area contributed by atoms with Gasteiger partial charge < -0.3 is 9.47 Å². The van der Waals surface area contributed by atoms with Crippen molar-refractivity contribution >= 4 is 0 Å². The van der Waals surface area contributed by atoms with Gasteiger partial charge in [-0.1, -0.05) is 17.3 Å². The standard InChI is InChI=1S/C19H23FN4O2/c20-15-4-2-1-3-14(15)19-17-12-26-18-11-23(9-13-5-7-25-8-6-13)10-16(18)24(17)22-21-19/h1-4,13,16,18H,5-12H2/t16-,18-/m0/s1. The van der Waals surface area contributed by atoms with E-state index in [0.717, 1.165) is 51.4 Å². The van der Waals surface area contributed by atoms with Crippen molar-refractivity contribution in [1.29, 1.82) is 0 Å². The van der Waals surface area contributed by atoms with E-state index in [1.165, 1.54) is 6.07 Å². The first-order chi connectivity index (χ1) is 12.8. The summed E-state index contributed by atoms with van der Waals surface area (Å²) in [7, 11) is 0. The lowest BCUT2D eigenvalue weighted by atomic mass is 10.00. The van der Waals surface area contributed by atoms with Gasteiger partial charge in [0.1, 0.15) is 11.5 Å². The van der Waals surface area contributed by atoms with Gasteiger partial charge >= 0.3 is 0 Å². The zero-order valence-corrected chi connectivity index (χ0v) is 14.7. The van der Waals surface area contributed by atoms with Crippen LogP contribution in [0.25, 0.3) is 11.3 Å². The molecule has 0 saturated carbocycles. The van der Waals surface area contributed by atoms with Crippen molar-refractivity contribution in [3.63, 3.8) is 0 Å². The minimum absolute atomic E-state index is 0.137. The van der Waals surface area contributed by atoms with Gasteiger partial charge in [-0.05, 0) is 30.9 Å². The van der Waals surface area contributed by atoms with Gasteiger partial charge in [0.15, 0.2) is 0 Å². The predicted molar refractivity (Wildman–Crippen MR) is 93.0 cm³/mol. The lowest BCUT2D eigenvalue weighted by Crippen LogP contribution is -2.32. The van der Waals surface area contributed by atoms with Gasteiger partial charge in [-0.3, -0.25) is 4.90 Å². The highest BCUT2D eigenvalue weighted by Gasteiger charge is 2.41. The number of ether oxygens (including phenoxy) is 2. The minimum Gasteiger partial charge on any atom is -0.381 e. The van der Waals surface area contributed by atoms with Crippen LogP contribution in [0, 0.1) is 11.7 Å². The Morgan fingerprint density at radius 3 is 2.85 bits per heavy atom. The van der Waals surface area contributed by atoms with Gasteiger partial charge in [0.2, 0.25) is 0 Å². The zero-order valence-electron chi connectivity index (χ0n) is 14.7. The lowest BCUT2D eigenvalue weighted by Gasteiger charge is -2.26. The third-order valence-corrected chi connectivity index (χ3v) is 5.84. The molecular formula is C19H23FN4O2. The van der Waals surface area contributed by atoms with Crippen LogP contribution in [0.4, 0.5) is 4.39 Å². The molecule has 3 aliphatic heterocycles. The Labute approximate surface area is 151 Å². The van der Waals surface area contributed by atoms with Crippen LogP contribution in [-0.2, 0) is 16.1 Å². The summed E-state index contributed by atoms with van der Waals surface area (Å²) in [5, 5.41) is 8.66. The van der Waals surface area contributed by atoms with Crippen molar-refractivity contribution in [1.82, 2.24) is 19.9 Å². The maximum absolute atomic E-state index is 14.2. The average molecular weight is 358 g/mol. The van der Waals surface area contributed by atoms with Crippen molar-refractivity contribution in [2.24, 2.45) is 5.92 Å². The Morgan fingerprint density at radius 2 is 2.00 bits per heavy atom. The summed E-state index contributed by atoms with van der Waals surface area (Å²) in [5.74, 6) is 0.429. The molecule has 7 heteroatoms. The monoisotopic (exact) mass is 358 g/mol. The second-order valence-corrected chi connectivity index (χ2v) is 7.50. The molecule has 5 rings (SSSR count). The number of rotatable bonds is 3. The molecule has 0 aliphatic carbocycles. The van der Waals surface area contributed by atoms with Crippen LogP contribution >= 0.6 is 0 Å². The number of fused-ring (bicyclic) bond motifs is 3. The molecule has 2 atom stereocenters. The van der Waals surface area contributed by atoms with Gasteiger partial charge in [0, 0.05) is 38.4 Å². The van der Waals surface area contributed by atoms with Gasteiger partial charge in [-0.15, -0.1) is 5.10 Å². The number of hydrogen-bond acceptors (Lipinski definition) is 5. The maximum atomic E-state index is 14.2. The zero-order chi connectivity index (χ0) is 17.5. The van der Waals surface area contributed by atoms with E-state index in [9.17, 15) is 4.39 Å². The smallest absolute Gasteiger partial charge is 0.132 e. The molecule has 138 valence electrons. The Kier molecular flexibility index (Phi) is 4.23. The third-order valence-electron chi connectivity index (χ3n) is 5.84. The molecule has 6 nitrogen and oxygen atoms in total. The predicted octanol–water partition coefficient (Wildman–Crippen LogP) is 2.27. The largest absolute Gasteiger partial charge is 0.381 e. The van der Waals surface area contributed by atoms with Crippen molar-refractivity contribution < 1.29 is 13.9 Å². The second-order valence-electron chi connectivity index (χ2n) is 7.50. The summed E-state index contributed by atoms with van der Waals surface area (Å²) in [4.78, 5) is 2.48. The highest BCUT2D eigenvalue weighted by molar-refractivity contribution is 5.62. The molecule has 0 radical (unpaired) electrons. The summed E-state index contributed by atoms with van der Waals surface area (Å²) in [6.45, 7) is 5.11. The Morgan fingerprint density at radius 1 is 1.15 bits per heavy atom. The first kappa shape index (κ1) is 16.4. The molecule has 26 heavy (non-hydrogen) atoms. The normalized spacial score (nSPS) is 26.7. The van der Waals surface area contributed by atoms with Crippen molar-refractivity contribution in [3.8, 4) is 11.3 Å². The van der Waals surface area contributed by atoms with E-state index in [0.29, 0.717) is 23.8 Å². The van der Waals surface area contributed by atoms with E-state index >= 15 is 0 Å². The van der Waals surface area contributed by atoms with Crippen LogP contribution in [0.15, 0.2) is 24.3 Å². The fourth-order valence-corrected chi connectivity index (χ4v) is 4.44. The van der Waals surface area contributed by atoms with E-state index in [-0.39, 0.29) is 18.0 Å². The quantitative estimate of drug-likeness (QED) is 0.842. The summed E-state index contributed by atoms with van der Waals surface area (Å²) < 4.78 is 27.7. The summed E-state index contributed by atoms with van der Waals surface area (Å²) in [6.07, 6.45) is 2.41. The van der Waals surface area contributed by atoms with Gasteiger partial charge in [0.25, 0.3) is 0 Å². The summed E-state index contributed by atoms with van der Waals surface area (Å²) in [5.41, 5.74) is 1.97. The topological polar surface area (TPSA) is 52.4 Å². The molecule has 0 spiro atoms. The molecule has 0 N–H and O–H groups in total. The van der Waals surface area contributed by atoms with Gasteiger partial charge in [0.05, 0.1) is 24.4 Å². The van der Waals surface area contributed by atoms with E-state index in [2.05, 4.69) is 15.2 Å². The van der Waals surface area contributed by atoms with Crippen molar-refractivity contribution in [2.45, 2.75) is 31.6 Å². The number of benzene rings is 1. The van der Waals surface area contributed by atoms with Gasteiger partial charge in [-0.25, -0.2) is 9.07 Å². The highest BCUT2D eigenvalue weighted by Crippen LogP contribution is 2.35. The fraction of sp³-hybridized carbons (Fsp3) is 0.579. The number of nitrogens with zero attached hydrogens (tertiary/aromatic N) is 4. The van der Waals surface area contributed by atoms with E-state index < -0.39 is 0 Å². The molecular weight excluding hydrogens is 335 g/mol. The first-order valence-corrected chi connectivity index (χ1v) is 9.40. The average Bonchev–Trinajstić information content (AvgIpc) is 3.26. The fourth-order valence-electron chi connectivity index (χ4n) is 4.44. The van der Waals surface area contributed by atoms with Crippen LogP contribution in [0.2, 0.25) is 0 Å². The van der Waals surface area contributed by atoms with Crippen LogP contribution < -0.4 is 0 Å². The Balaban J connectivity index is 1.36. The molecule has 0 amide bonds. The molecule has 0 bridgehead atoms. The van der Waals surface area contributed by atoms with Crippen molar-refractivity contribution in [2.75, 3.05) is 32.8 Å². The molecule has 1 aromatic carbocycles. The lowest BCUT2D eigenvalue weighted by molar-refractivity contribution is -0.00572. The molecule has 1 aromatic heterocycles.